The first-order chi connectivity index (χ1) is 23.1. The zero-order chi connectivity index (χ0) is 35.8. The smallest absolute Gasteiger partial charge is 0.189 e. The molecule has 49 heavy (non-hydrogen) atoms. The van der Waals surface area contributed by atoms with Crippen LogP contribution in [0, 0.1) is 30.0 Å². The number of rotatable bonds is 9. The molecule has 2 aromatic carbocycles. The van der Waals surface area contributed by atoms with Gasteiger partial charge in [-0.2, -0.15) is 0 Å². The van der Waals surface area contributed by atoms with Gasteiger partial charge >= 0.3 is 0 Å². The number of nitrogens with zero attached hydrogens (tertiary/aromatic N) is 4. The summed E-state index contributed by atoms with van der Waals surface area (Å²) in [6.07, 6.45) is 3.28. The number of aromatic nitrogens is 3. The quantitative estimate of drug-likeness (QED) is 0.0608. The summed E-state index contributed by atoms with van der Waals surface area (Å²) in [5.74, 6) is 3.17. The number of benzene rings is 2. The summed E-state index contributed by atoms with van der Waals surface area (Å²) in [6.45, 7) is 17.9. The van der Waals surface area contributed by atoms with Crippen LogP contribution in [0.2, 0.25) is 16.6 Å². The molecule has 11 heteroatoms. The molecule has 0 spiro atoms. The summed E-state index contributed by atoms with van der Waals surface area (Å²) in [5, 5.41) is 12.9. The predicted octanol–water partition coefficient (Wildman–Crippen LogP) is 9.06. The van der Waals surface area contributed by atoms with E-state index in [0.29, 0.717) is 80.3 Å². The normalized spacial score (nSPS) is 17.0. The Kier molecular flexibility index (Phi) is 10.9. The lowest BCUT2D eigenvalue weighted by atomic mass is 9.94. The largest absolute Gasteiger partial charge is 0.468 e. The molecule has 0 aliphatic carbocycles. The Morgan fingerprint density at radius 3 is 2.35 bits per heavy atom. The Morgan fingerprint density at radius 1 is 1.04 bits per heavy atom. The predicted molar refractivity (Wildman–Crippen MR) is 199 cm³/mol. The van der Waals surface area contributed by atoms with E-state index in [-0.39, 0.29) is 23.6 Å². The highest BCUT2D eigenvalue weighted by Crippen LogP contribution is 2.43. The Hall–Kier alpha value is -3.30. The van der Waals surface area contributed by atoms with E-state index in [2.05, 4.69) is 58.0 Å². The minimum Gasteiger partial charge on any atom is -0.468 e. The van der Waals surface area contributed by atoms with Crippen LogP contribution in [0.5, 0.6) is 5.75 Å². The third-order valence-electron chi connectivity index (χ3n) is 9.99. The number of methoxy groups -OCH3 is 1. The van der Waals surface area contributed by atoms with Gasteiger partial charge in [-0.25, -0.2) is 23.7 Å². The summed E-state index contributed by atoms with van der Waals surface area (Å²) in [5.41, 5.74) is 5.02. The highest BCUT2D eigenvalue weighted by molar-refractivity contribution is 7.98. The summed E-state index contributed by atoms with van der Waals surface area (Å²) in [6, 6.07) is 6.55. The number of ether oxygens (including phenoxy) is 2. The average molecular weight is 707 g/mol. The number of pyridine rings is 1. The van der Waals surface area contributed by atoms with Crippen LogP contribution in [0.25, 0.3) is 32.9 Å². The third kappa shape index (κ3) is 7.03. The first-order valence-corrected chi connectivity index (χ1v) is 20.4. The van der Waals surface area contributed by atoms with Crippen LogP contribution in [0.3, 0.4) is 0 Å². The minimum atomic E-state index is -2.25. The fourth-order valence-corrected chi connectivity index (χ4v) is 13.3. The monoisotopic (exact) mass is 706 g/mol. The number of β-amino-alcohol motifs (C(OH)–C–C–N with tert-alkyl or cyclic N) is 1. The Labute approximate surface area is 294 Å². The molecule has 1 fully saturated rings. The summed E-state index contributed by atoms with van der Waals surface area (Å²) >= 11 is 1.32. The number of piperidine rings is 1. The van der Waals surface area contributed by atoms with Gasteiger partial charge < -0.3 is 19.5 Å². The molecule has 7 nitrogen and oxygen atoms in total. The molecule has 0 saturated carbocycles. The van der Waals surface area contributed by atoms with Crippen molar-refractivity contribution in [3.05, 3.63) is 47.2 Å². The van der Waals surface area contributed by atoms with Gasteiger partial charge in [0, 0.05) is 31.1 Å². The van der Waals surface area contributed by atoms with Crippen molar-refractivity contribution in [2.75, 3.05) is 38.1 Å². The molecule has 262 valence electrons. The van der Waals surface area contributed by atoms with Crippen molar-refractivity contribution >= 4 is 47.3 Å². The van der Waals surface area contributed by atoms with Gasteiger partial charge in [0.15, 0.2) is 17.8 Å². The van der Waals surface area contributed by atoms with Crippen molar-refractivity contribution in [1.82, 2.24) is 15.0 Å². The second-order valence-electron chi connectivity index (χ2n) is 14.3. The van der Waals surface area contributed by atoms with Crippen molar-refractivity contribution in [3.63, 3.8) is 0 Å². The number of halogens is 2. The summed E-state index contributed by atoms with van der Waals surface area (Å²) < 4.78 is 44.2. The van der Waals surface area contributed by atoms with Crippen LogP contribution in [-0.4, -0.2) is 67.0 Å². The van der Waals surface area contributed by atoms with Crippen molar-refractivity contribution in [2.45, 2.75) is 95.6 Å². The van der Waals surface area contributed by atoms with Crippen LogP contribution < -0.4 is 9.64 Å². The van der Waals surface area contributed by atoms with E-state index >= 15 is 8.78 Å². The Balaban J connectivity index is 1.85. The molecule has 1 atom stereocenters. The van der Waals surface area contributed by atoms with E-state index in [1.807, 2.05) is 18.1 Å². The van der Waals surface area contributed by atoms with E-state index in [0.717, 1.165) is 6.42 Å². The lowest BCUT2D eigenvalue weighted by Crippen LogP contribution is -2.46. The van der Waals surface area contributed by atoms with Crippen LogP contribution in [0.4, 0.5) is 14.6 Å². The number of hydrogen-bond donors (Lipinski definition) is 1. The Morgan fingerprint density at radius 2 is 1.73 bits per heavy atom. The molecule has 2 aromatic heterocycles. The summed E-state index contributed by atoms with van der Waals surface area (Å²) in [7, 11) is -0.723. The maximum absolute atomic E-state index is 17.2. The molecule has 1 aliphatic rings. The second kappa shape index (κ2) is 14.5. The average Bonchev–Trinajstić information content (AvgIpc) is 3.04. The van der Waals surface area contributed by atoms with Gasteiger partial charge in [-0.05, 0) is 73.2 Å². The molecule has 3 heterocycles. The lowest BCUT2D eigenvalue weighted by Gasteiger charge is -2.38. The molecule has 1 N–H and O–H groups in total. The molecule has 1 aliphatic heterocycles. The lowest BCUT2D eigenvalue weighted by molar-refractivity contribution is 0.0447. The number of fused-ring (bicyclic) bond motifs is 2. The molecule has 1 unspecified atom stereocenters. The fourth-order valence-electron chi connectivity index (χ4n) is 7.74. The number of anilines is 1. The molecular weight excluding hydrogens is 659 g/mol. The number of thioether (sulfide) groups is 1. The molecule has 0 radical (unpaired) electrons. The van der Waals surface area contributed by atoms with Gasteiger partial charge in [0.2, 0.25) is 0 Å². The topological polar surface area (TPSA) is 80.6 Å². The standard InChI is InChI=1S/C38H48F2N4O3SSi/c1-22(2)49(23(3)4,24(5)6)17-14-28-30(39)13-12-26-18-27(47-21-46-9)19-29(32(26)28)34-33(40)35-31(25(7)41-34)36(43-37(42-35)48-10)44-16-11-15-38(8,45)20-44/h12-13,18-19,22-24,45H,11,15-16,20-21H2,1-10H3. The first kappa shape index (κ1) is 37.0. The molecular formula is C38H48F2N4O3SSi. The zero-order valence-electron chi connectivity index (χ0n) is 30.3. The Bertz CT molecular complexity index is 1920. The van der Waals surface area contributed by atoms with Crippen LogP contribution in [-0.2, 0) is 4.74 Å². The van der Waals surface area contributed by atoms with Gasteiger partial charge in [0.1, 0.15) is 36.7 Å². The molecule has 0 bridgehead atoms. The number of aryl methyl sites for hydroxylation is 1. The van der Waals surface area contributed by atoms with Crippen LogP contribution in [0.15, 0.2) is 29.4 Å². The first-order valence-electron chi connectivity index (χ1n) is 17.0. The molecule has 1 saturated heterocycles. The van der Waals surface area contributed by atoms with Crippen molar-refractivity contribution in [1.29, 1.82) is 0 Å². The second-order valence-corrected chi connectivity index (χ2v) is 20.7. The number of hydrogen-bond acceptors (Lipinski definition) is 8. The van der Waals surface area contributed by atoms with Gasteiger partial charge in [0.05, 0.1) is 22.2 Å². The summed E-state index contributed by atoms with van der Waals surface area (Å²) in [4.78, 5) is 16.3. The third-order valence-corrected chi connectivity index (χ3v) is 16.8. The highest BCUT2D eigenvalue weighted by atomic mass is 32.2. The van der Waals surface area contributed by atoms with Gasteiger partial charge in [-0.15, -0.1) is 5.54 Å². The van der Waals surface area contributed by atoms with Crippen molar-refractivity contribution in [2.24, 2.45) is 0 Å². The minimum absolute atomic E-state index is 0.0222. The molecule has 5 rings (SSSR count). The van der Waals surface area contributed by atoms with E-state index < -0.39 is 25.3 Å². The van der Waals surface area contributed by atoms with Crippen LogP contribution in [0.1, 0.15) is 72.6 Å². The van der Waals surface area contributed by atoms with Crippen molar-refractivity contribution in [3.8, 4) is 28.5 Å². The molecule has 0 amide bonds. The highest BCUT2D eigenvalue weighted by Gasteiger charge is 2.42. The van der Waals surface area contributed by atoms with E-state index in [4.69, 9.17) is 19.4 Å². The maximum Gasteiger partial charge on any atom is 0.189 e. The van der Waals surface area contributed by atoms with Gasteiger partial charge in [-0.1, -0.05) is 65.3 Å². The maximum atomic E-state index is 17.2. The van der Waals surface area contributed by atoms with Crippen LogP contribution >= 0.6 is 11.8 Å². The van der Waals surface area contributed by atoms with E-state index in [1.54, 1.807) is 25.1 Å². The number of aliphatic hydroxyl groups is 1. The van der Waals surface area contributed by atoms with Gasteiger partial charge in [0.25, 0.3) is 0 Å². The SMILES string of the molecule is COCOc1cc(-c2nc(C)c3c(N4CCCC(C)(O)C4)nc(SC)nc3c2F)c2c(C#C[Si](C(C)C)(C(C)C)C(C)C)c(F)ccc2c1. The molecule has 4 aromatic rings. The zero-order valence-corrected chi connectivity index (χ0v) is 32.1. The van der Waals surface area contributed by atoms with E-state index in [9.17, 15) is 5.11 Å². The van der Waals surface area contributed by atoms with Crippen molar-refractivity contribution < 1.29 is 23.4 Å². The van der Waals surface area contributed by atoms with E-state index in [1.165, 1.54) is 24.9 Å². The van der Waals surface area contributed by atoms with Gasteiger partial charge in [-0.3, -0.25) is 0 Å². The fraction of sp³-hybridized carbons (Fsp3) is 0.500.